The zero-order chi connectivity index (χ0) is 18.2. The van der Waals surface area contributed by atoms with Gasteiger partial charge in [-0.15, -0.1) is 0 Å². The van der Waals surface area contributed by atoms with Crippen molar-refractivity contribution in [3.05, 3.63) is 53.5 Å². The van der Waals surface area contributed by atoms with Crippen molar-refractivity contribution in [2.75, 3.05) is 19.8 Å². The van der Waals surface area contributed by atoms with Gasteiger partial charge in [0, 0.05) is 18.9 Å². The van der Waals surface area contributed by atoms with Crippen LogP contribution in [0.15, 0.2) is 45.8 Å². The van der Waals surface area contributed by atoms with E-state index < -0.39 is 0 Å². The van der Waals surface area contributed by atoms with Gasteiger partial charge in [0.2, 0.25) is 5.90 Å². The Labute approximate surface area is 154 Å². The summed E-state index contributed by atoms with van der Waals surface area (Å²) < 4.78 is 16.7. The maximum Gasteiger partial charge on any atom is 0.216 e. The molecule has 0 unspecified atom stereocenters. The number of carbonyl (C=O) groups excluding carboxylic acids is 1. The van der Waals surface area contributed by atoms with E-state index >= 15 is 0 Å². The molecule has 0 N–H and O–H groups in total. The van der Waals surface area contributed by atoms with Crippen LogP contribution in [-0.2, 0) is 11.2 Å². The Bertz CT molecular complexity index is 746. The second-order valence-electron chi connectivity index (χ2n) is 6.39. The smallest absolute Gasteiger partial charge is 0.216 e. The molecule has 1 aromatic carbocycles. The largest absolute Gasteiger partial charge is 0.494 e. The summed E-state index contributed by atoms with van der Waals surface area (Å²) in [5.74, 6) is 2.92. The van der Waals surface area contributed by atoms with Crippen molar-refractivity contribution in [1.82, 2.24) is 0 Å². The van der Waals surface area contributed by atoms with Crippen LogP contribution in [0.1, 0.15) is 54.5 Å². The lowest BCUT2D eigenvalue weighted by molar-refractivity contribution is 0.0985. The molecule has 0 saturated heterocycles. The first-order valence-corrected chi connectivity index (χ1v) is 9.22. The number of aryl methyl sites for hydroxylation is 1. The van der Waals surface area contributed by atoms with Crippen LogP contribution in [-0.4, -0.2) is 31.4 Å². The summed E-state index contributed by atoms with van der Waals surface area (Å²) in [5.41, 5.74) is 1.00. The van der Waals surface area contributed by atoms with Gasteiger partial charge in [0.1, 0.15) is 18.1 Å². The minimum atomic E-state index is -0.0230. The first-order chi connectivity index (χ1) is 12.7. The number of carbonyl (C=O) groups is 1. The molecular formula is C21H25NO4. The molecule has 0 spiro atoms. The molecule has 0 amide bonds. The van der Waals surface area contributed by atoms with Crippen molar-refractivity contribution in [3.63, 3.8) is 0 Å². The van der Waals surface area contributed by atoms with Crippen molar-refractivity contribution in [1.29, 1.82) is 0 Å². The number of Topliss-reactive ketones (excluding diaryl/α,β-unsaturated/α-hetero) is 1. The van der Waals surface area contributed by atoms with Crippen LogP contribution in [0.4, 0.5) is 0 Å². The number of ether oxygens (including phenoxy) is 2. The summed E-state index contributed by atoms with van der Waals surface area (Å²) in [5, 5.41) is 0. The van der Waals surface area contributed by atoms with Crippen molar-refractivity contribution in [2.24, 2.45) is 4.99 Å². The van der Waals surface area contributed by atoms with E-state index in [1.165, 1.54) is 6.92 Å². The molecule has 0 aliphatic carbocycles. The Hall–Kier alpha value is -2.56. The lowest BCUT2D eigenvalue weighted by Crippen LogP contribution is -2.01. The maximum atomic E-state index is 11.2. The van der Waals surface area contributed by atoms with E-state index in [2.05, 4.69) is 4.99 Å². The molecule has 0 saturated carbocycles. The number of rotatable bonds is 10. The predicted molar refractivity (Wildman–Crippen MR) is 100 cm³/mol. The van der Waals surface area contributed by atoms with Gasteiger partial charge in [-0.05, 0) is 49.2 Å². The predicted octanol–water partition coefficient (Wildman–Crippen LogP) is 4.44. The molecule has 2 heterocycles. The fourth-order valence-electron chi connectivity index (χ4n) is 2.85. The van der Waals surface area contributed by atoms with E-state index in [4.69, 9.17) is 13.9 Å². The fraction of sp³-hybridized carbons (Fsp3) is 0.429. The summed E-state index contributed by atoms with van der Waals surface area (Å²) in [6, 6.07) is 11.5. The quantitative estimate of drug-likeness (QED) is 0.467. The molecule has 3 rings (SSSR count). The lowest BCUT2D eigenvalue weighted by atomic mass is 10.1. The Morgan fingerprint density at radius 2 is 1.88 bits per heavy atom. The van der Waals surface area contributed by atoms with E-state index in [0.29, 0.717) is 19.0 Å². The Kier molecular flexibility index (Phi) is 6.47. The molecule has 0 radical (unpaired) electrons. The average Bonchev–Trinajstić information content (AvgIpc) is 3.33. The summed E-state index contributed by atoms with van der Waals surface area (Å²) in [7, 11) is 0. The van der Waals surface area contributed by atoms with Gasteiger partial charge in [0.05, 0.1) is 13.2 Å². The van der Waals surface area contributed by atoms with Crippen molar-refractivity contribution < 1.29 is 18.7 Å². The molecule has 5 nitrogen and oxygen atoms in total. The highest BCUT2D eigenvalue weighted by Gasteiger charge is 2.09. The normalized spacial score (nSPS) is 13.3. The molecule has 26 heavy (non-hydrogen) atoms. The highest BCUT2D eigenvalue weighted by molar-refractivity contribution is 5.95. The van der Waals surface area contributed by atoms with Crippen LogP contribution in [0.2, 0.25) is 0 Å². The minimum absolute atomic E-state index is 0.0230. The van der Waals surface area contributed by atoms with Crippen molar-refractivity contribution >= 4 is 11.7 Å². The lowest BCUT2D eigenvalue weighted by Gasteiger charge is -2.07. The molecule has 1 aliphatic rings. The number of hydrogen-bond acceptors (Lipinski definition) is 5. The third-order valence-corrected chi connectivity index (χ3v) is 4.28. The van der Waals surface area contributed by atoms with Crippen LogP contribution in [0.25, 0.3) is 0 Å². The third-order valence-electron chi connectivity index (χ3n) is 4.28. The second-order valence-corrected chi connectivity index (χ2v) is 6.39. The highest BCUT2D eigenvalue weighted by atomic mass is 16.5. The van der Waals surface area contributed by atoms with Crippen LogP contribution in [0, 0.1) is 0 Å². The van der Waals surface area contributed by atoms with Gasteiger partial charge >= 0.3 is 0 Å². The van der Waals surface area contributed by atoms with Crippen molar-refractivity contribution in [3.8, 4) is 5.75 Å². The Balaban J connectivity index is 1.27. The number of benzene rings is 1. The third kappa shape index (κ3) is 5.22. The zero-order valence-corrected chi connectivity index (χ0v) is 15.2. The number of unbranched alkanes of at least 4 members (excludes halogenated alkanes) is 3. The molecule has 1 aromatic heterocycles. The molecule has 0 bridgehead atoms. The minimum Gasteiger partial charge on any atom is -0.494 e. The molecule has 0 atom stereocenters. The monoisotopic (exact) mass is 355 g/mol. The molecule has 138 valence electrons. The number of nitrogens with zero attached hydrogens (tertiary/aromatic N) is 1. The van der Waals surface area contributed by atoms with Crippen LogP contribution < -0.4 is 4.74 Å². The van der Waals surface area contributed by atoms with Crippen LogP contribution >= 0.6 is 0 Å². The standard InChI is InChI=1S/C21H25NO4/c1-16(23)20-12-11-19(26-20)6-4-2-3-5-14-24-18-9-7-17(8-10-18)21-22-13-15-25-21/h7-12H,2-6,13-15H2,1H3. The van der Waals surface area contributed by atoms with Gasteiger partial charge in [0.25, 0.3) is 0 Å². The van der Waals surface area contributed by atoms with E-state index in [1.54, 1.807) is 6.07 Å². The molecule has 1 aliphatic heterocycles. The number of furan rings is 1. The Morgan fingerprint density at radius 3 is 2.58 bits per heavy atom. The average molecular weight is 355 g/mol. The van der Waals surface area contributed by atoms with Gasteiger partial charge in [-0.2, -0.15) is 0 Å². The summed E-state index contributed by atoms with van der Waals surface area (Å²) in [4.78, 5) is 15.5. The van der Waals surface area contributed by atoms with Crippen molar-refractivity contribution in [2.45, 2.75) is 39.0 Å². The second kappa shape index (κ2) is 9.22. The highest BCUT2D eigenvalue weighted by Crippen LogP contribution is 2.16. The van der Waals surface area contributed by atoms with Gasteiger partial charge in [-0.25, -0.2) is 4.99 Å². The summed E-state index contributed by atoms with van der Waals surface area (Å²) in [6.45, 7) is 3.65. The fourth-order valence-corrected chi connectivity index (χ4v) is 2.85. The van der Waals surface area contributed by atoms with E-state index in [9.17, 15) is 4.79 Å². The first-order valence-electron chi connectivity index (χ1n) is 9.22. The van der Waals surface area contributed by atoms with Gasteiger partial charge in [0.15, 0.2) is 11.5 Å². The molecule has 5 heteroatoms. The topological polar surface area (TPSA) is 61.0 Å². The van der Waals surface area contributed by atoms with Gasteiger partial charge < -0.3 is 13.9 Å². The van der Waals surface area contributed by atoms with Crippen LogP contribution in [0.3, 0.4) is 0 Å². The molecule has 2 aromatic rings. The Morgan fingerprint density at radius 1 is 1.08 bits per heavy atom. The van der Waals surface area contributed by atoms with E-state index in [1.807, 2.05) is 30.3 Å². The van der Waals surface area contributed by atoms with E-state index in [0.717, 1.165) is 61.6 Å². The number of hydrogen-bond donors (Lipinski definition) is 0. The van der Waals surface area contributed by atoms with Crippen LogP contribution in [0.5, 0.6) is 5.75 Å². The zero-order valence-electron chi connectivity index (χ0n) is 15.2. The number of aliphatic imine (C=N–C) groups is 1. The van der Waals surface area contributed by atoms with E-state index in [-0.39, 0.29) is 5.78 Å². The number of ketones is 1. The molecule has 0 fully saturated rings. The molecular weight excluding hydrogens is 330 g/mol. The van der Waals surface area contributed by atoms with Gasteiger partial charge in [-0.3, -0.25) is 4.79 Å². The maximum absolute atomic E-state index is 11.2. The SMILES string of the molecule is CC(=O)c1ccc(CCCCCCOc2ccc(C3=NCCO3)cc2)o1. The first kappa shape index (κ1) is 18.2. The summed E-state index contributed by atoms with van der Waals surface area (Å²) >= 11 is 0. The van der Waals surface area contributed by atoms with Gasteiger partial charge in [-0.1, -0.05) is 12.8 Å². The summed E-state index contributed by atoms with van der Waals surface area (Å²) in [6.07, 6.45) is 5.19.